The number of hydrogen-bond donors (Lipinski definition) is 0. The summed E-state index contributed by atoms with van der Waals surface area (Å²) in [5.74, 6) is 1.98. The van der Waals surface area contributed by atoms with E-state index in [-0.39, 0.29) is 0 Å². The Balaban J connectivity index is 1.16. The maximum Gasteiger partial charge on any atom is 0.164 e. The van der Waals surface area contributed by atoms with Gasteiger partial charge in [0.2, 0.25) is 0 Å². The molecule has 10 aromatic rings. The fraction of sp³-hybridized carbons (Fsp3) is 0. The van der Waals surface area contributed by atoms with Gasteiger partial charge in [0, 0.05) is 36.9 Å². The molecule has 0 aliphatic carbocycles. The van der Waals surface area contributed by atoms with Gasteiger partial charge in [-0.3, -0.25) is 0 Å². The second kappa shape index (κ2) is 11.2. The largest absolute Gasteiger partial charge is 0.208 e. The molecule has 0 unspecified atom stereocenters. The fourth-order valence-electron chi connectivity index (χ4n) is 7.19. The zero-order valence-electron chi connectivity index (χ0n) is 26.3. The van der Waals surface area contributed by atoms with Gasteiger partial charge in [0.15, 0.2) is 17.5 Å². The van der Waals surface area contributed by atoms with Gasteiger partial charge in [-0.15, -0.1) is 11.3 Å². The van der Waals surface area contributed by atoms with Crippen molar-refractivity contribution in [1.29, 1.82) is 0 Å². The lowest BCUT2D eigenvalue weighted by molar-refractivity contribution is 1.07. The third-order valence-corrected chi connectivity index (χ3v) is 10.7. The molecule has 0 spiro atoms. The van der Waals surface area contributed by atoms with Crippen molar-refractivity contribution in [2.75, 3.05) is 0 Å². The molecule has 228 valence electrons. The summed E-state index contributed by atoms with van der Waals surface area (Å²) in [6.45, 7) is 0. The zero-order valence-corrected chi connectivity index (χ0v) is 27.2. The molecule has 0 bridgehead atoms. The Hall–Kier alpha value is -6.23. The van der Waals surface area contributed by atoms with Crippen LogP contribution in [0.15, 0.2) is 164 Å². The molecule has 0 aliphatic rings. The normalized spacial score (nSPS) is 11.7. The molecule has 0 aliphatic heterocycles. The average Bonchev–Trinajstić information content (AvgIpc) is 3.56. The molecule has 8 aromatic carbocycles. The van der Waals surface area contributed by atoms with E-state index in [1.54, 1.807) is 0 Å². The average molecular weight is 642 g/mol. The van der Waals surface area contributed by atoms with Crippen molar-refractivity contribution in [2.24, 2.45) is 0 Å². The monoisotopic (exact) mass is 641 g/mol. The Bertz CT molecular complexity index is 2820. The van der Waals surface area contributed by atoms with E-state index in [9.17, 15) is 0 Å². The van der Waals surface area contributed by atoms with E-state index in [2.05, 4.69) is 103 Å². The van der Waals surface area contributed by atoms with Crippen molar-refractivity contribution in [3.8, 4) is 45.3 Å². The van der Waals surface area contributed by atoms with Crippen LogP contribution < -0.4 is 0 Å². The quantitative estimate of drug-likeness (QED) is 0.180. The maximum absolute atomic E-state index is 4.99. The predicted octanol–water partition coefficient (Wildman–Crippen LogP) is 12.4. The van der Waals surface area contributed by atoms with Crippen LogP contribution in [0.5, 0.6) is 0 Å². The third kappa shape index (κ3) is 4.61. The first-order chi connectivity index (χ1) is 24.3. The molecule has 2 aromatic heterocycles. The van der Waals surface area contributed by atoms with E-state index >= 15 is 0 Å². The molecular formula is C45H27N3S. The summed E-state index contributed by atoms with van der Waals surface area (Å²) in [6, 6.07) is 58.0. The Morgan fingerprint density at radius 1 is 0.306 bits per heavy atom. The van der Waals surface area contributed by atoms with Crippen molar-refractivity contribution in [3.63, 3.8) is 0 Å². The number of benzene rings is 8. The number of thiophene rings is 1. The Morgan fingerprint density at radius 2 is 0.755 bits per heavy atom. The smallest absolute Gasteiger partial charge is 0.164 e. The summed E-state index contributed by atoms with van der Waals surface area (Å²) in [7, 11) is 0. The molecule has 0 amide bonds. The molecule has 0 radical (unpaired) electrons. The highest BCUT2D eigenvalue weighted by atomic mass is 32.1. The summed E-state index contributed by atoms with van der Waals surface area (Å²) in [5.41, 5.74) is 5.22. The van der Waals surface area contributed by atoms with E-state index < -0.39 is 0 Å². The minimum Gasteiger partial charge on any atom is -0.208 e. The first-order valence-electron chi connectivity index (χ1n) is 16.4. The van der Waals surface area contributed by atoms with Gasteiger partial charge in [0.1, 0.15) is 0 Å². The van der Waals surface area contributed by atoms with Crippen LogP contribution in [-0.4, -0.2) is 15.0 Å². The molecule has 2 heterocycles. The van der Waals surface area contributed by atoms with Crippen molar-refractivity contribution in [2.45, 2.75) is 0 Å². The molecular weight excluding hydrogens is 615 g/mol. The number of hydrogen-bond acceptors (Lipinski definition) is 4. The summed E-state index contributed by atoms with van der Waals surface area (Å²) in [6.07, 6.45) is 0. The molecule has 0 N–H and O–H groups in total. The Kier molecular flexibility index (Phi) is 6.36. The summed E-state index contributed by atoms with van der Waals surface area (Å²) in [4.78, 5) is 14.9. The summed E-state index contributed by atoms with van der Waals surface area (Å²) in [5, 5.41) is 10.4. The van der Waals surface area contributed by atoms with E-state index in [1.165, 1.54) is 58.1 Å². The Labute approximate surface area is 286 Å². The number of rotatable bonds is 4. The van der Waals surface area contributed by atoms with Gasteiger partial charge in [0.25, 0.3) is 0 Å². The lowest BCUT2D eigenvalue weighted by Gasteiger charge is -2.10. The summed E-state index contributed by atoms with van der Waals surface area (Å²) >= 11 is 1.87. The molecule has 0 saturated heterocycles. The maximum atomic E-state index is 4.99. The van der Waals surface area contributed by atoms with Crippen LogP contribution in [-0.2, 0) is 0 Å². The van der Waals surface area contributed by atoms with Crippen LogP contribution in [0, 0.1) is 0 Å². The molecule has 49 heavy (non-hydrogen) atoms. The van der Waals surface area contributed by atoms with E-state index in [4.69, 9.17) is 15.0 Å². The van der Waals surface area contributed by atoms with Crippen LogP contribution in [0.25, 0.3) is 97.8 Å². The van der Waals surface area contributed by atoms with Gasteiger partial charge in [-0.05, 0) is 61.6 Å². The van der Waals surface area contributed by atoms with Crippen molar-refractivity contribution < 1.29 is 0 Å². The second-order valence-corrected chi connectivity index (χ2v) is 13.4. The van der Waals surface area contributed by atoms with Crippen LogP contribution in [0.3, 0.4) is 0 Å². The topological polar surface area (TPSA) is 38.7 Å². The lowest BCUT2D eigenvalue weighted by Crippen LogP contribution is -2.00. The number of nitrogens with zero attached hydrogens (tertiary/aromatic N) is 3. The molecule has 3 nitrogen and oxygen atoms in total. The first-order valence-corrected chi connectivity index (χ1v) is 17.3. The van der Waals surface area contributed by atoms with Crippen LogP contribution in [0.1, 0.15) is 0 Å². The SMILES string of the molecule is c1ccc(-c2nc(-c3ccccc3)nc(-c3cccc(-c4cccc5c4sc4cc6c7ccccc7c7ccccc7c6cc45)c3)n2)cc1. The standard InChI is InChI=1S/C45H27N3S/c1-3-13-28(14-4-1)43-46-44(29-15-5-2-6-16-29)48-45(47-43)31-18-11-17-30(25-31)32-23-12-24-37-40-26-38-35-21-9-7-19-33(35)34-20-8-10-22-36(34)39(38)27-41(40)49-42(32)37/h1-27H. The van der Waals surface area contributed by atoms with Gasteiger partial charge in [-0.1, -0.05) is 146 Å². The van der Waals surface area contributed by atoms with Crippen molar-refractivity contribution in [3.05, 3.63) is 164 Å². The van der Waals surface area contributed by atoms with Gasteiger partial charge in [-0.2, -0.15) is 0 Å². The predicted molar refractivity (Wildman–Crippen MR) is 207 cm³/mol. The molecule has 0 saturated carbocycles. The molecule has 0 atom stereocenters. The highest BCUT2D eigenvalue weighted by molar-refractivity contribution is 7.26. The van der Waals surface area contributed by atoms with Gasteiger partial charge in [0.05, 0.1) is 0 Å². The minimum absolute atomic E-state index is 0.656. The lowest BCUT2D eigenvalue weighted by atomic mass is 9.93. The first kappa shape index (κ1) is 27.8. The second-order valence-electron chi connectivity index (χ2n) is 12.4. The van der Waals surface area contributed by atoms with Crippen LogP contribution in [0.4, 0.5) is 0 Å². The van der Waals surface area contributed by atoms with Gasteiger partial charge in [-0.25, -0.2) is 15.0 Å². The van der Waals surface area contributed by atoms with E-state index in [0.717, 1.165) is 22.3 Å². The minimum atomic E-state index is 0.656. The molecule has 10 rings (SSSR count). The van der Waals surface area contributed by atoms with Crippen LogP contribution >= 0.6 is 11.3 Å². The summed E-state index contributed by atoms with van der Waals surface area (Å²) < 4.78 is 2.58. The van der Waals surface area contributed by atoms with Crippen molar-refractivity contribution in [1.82, 2.24) is 15.0 Å². The third-order valence-electron chi connectivity index (χ3n) is 9.49. The molecule has 4 heteroatoms. The number of fused-ring (bicyclic) bond motifs is 9. The highest BCUT2D eigenvalue weighted by Gasteiger charge is 2.17. The highest BCUT2D eigenvalue weighted by Crippen LogP contribution is 2.44. The van der Waals surface area contributed by atoms with Gasteiger partial charge < -0.3 is 0 Å². The fourth-order valence-corrected chi connectivity index (χ4v) is 8.45. The van der Waals surface area contributed by atoms with E-state index in [0.29, 0.717) is 17.5 Å². The van der Waals surface area contributed by atoms with Crippen LogP contribution in [0.2, 0.25) is 0 Å². The number of aromatic nitrogens is 3. The molecule has 0 fully saturated rings. The van der Waals surface area contributed by atoms with E-state index in [1.807, 2.05) is 72.0 Å². The zero-order chi connectivity index (χ0) is 32.3. The van der Waals surface area contributed by atoms with Crippen molar-refractivity contribution >= 4 is 63.8 Å². The van der Waals surface area contributed by atoms with Gasteiger partial charge >= 0.3 is 0 Å². The Morgan fingerprint density at radius 3 is 1.37 bits per heavy atom.